The minimum atomic E-state index is -0.197. The quantitative estimate of drug-likeness (QED) is 0.481. The van der Waals surface area contributed by atoms with Crippen LogP contribution in [0, 0.1) is 0 Å². The molecule has 0 fully saturated rings. The maximum atomic E-state index is 13.4. The summed E-state index contributed by atoms with van der Waals surface area (Å²) < 4.78 is 0. The number of amides is 2. The van der Waals surface area contributed by atoms with Gasteiger partial charge in [0.25, 0.3) is 0 Å². The molecule has 0 spiro atoms. The van der Waals surface area contributed by atoms with Crippen LogP contribution >= 0.6 is 0 Å². The molecule has 4 aromatic rings. The van der Waals surface area contributed by atoms with Gasteiger partial charge in [-0.05, 0) is 36.1 Å². The summed E-state index contributed by atoms with van der Waals surface area (Å²) in [5.41, 5.74) is 2.79. The zero-order chi connectivity index (χ0) is 20.1. The summed E-state index contributed by atoms with van der Waals surface area (Å²) in [4.78, 5) is 19.5. The first-order valence-electron chi connectivity index (χ1n) is 9.73. The van der Waals surface area contributed by atoms with Gasteiger partial charge in [-0.25, -0.2) is 4.79 Å². The average Bonchev–Trinajstić information content (AvgIpc) is 2.78. The zero-order valence-electron chi connectivity index (χ0n) is 16.3. The largest absolute Gasteiger partial charge is 0.330 e. The van der Waals surface area contributed by atoms with E-state index in [0.717, 1.165) is 27.7 Å². The summed E-state index contributed by atoms with van der Waals surface area (Å²) in [6.07, 6.45) is 1.74. The van der Waals surface area contributed by atoms with Crippen LogP contribution in [0.5, 0.6) is 0 Å². The molecule has 0 radical (unpaired) electrons. The van der Waals surface area contributed by atoms with Crippen LogP contribution in [-0.4, -0.2) is 11.0 Å². The van der Waals surface area contributed by atoms with Crippen LogP contribution in [0.2, 0.25) is 0 Å². The highest BCUT2D eigenvalue weighted by Gasteiger charge is 2.21. The van der Waals surface area contributed by atoms with E-state index in [1.165, 1.54) is 0 Å². The van der Waals surface area contributed by atoms with E-state index in [4.69, 9.17) is 0 Å². The lowest BCUT2D eigenvalue weighted by molar-refractivity contribution is 0.243. The van der Waals surface area contributed by atoms with Crippen molar-refractivity contribution in [1.82, 2.24) is 10.3 Å². The molecule has 1 unspecified atom stereocenters. The van der Waals surface area contributed by atoms with E-state index in [0.29, 0.717) is 6.54 Å². The Kier molecular flexibility index (Phi) is 5.52. The second kappa shape index (κ2) is 8.57. The summed E-state index contributed by atoms with van der Waals surface area (Å²) in [5, 5.41) is 5.26. The normalized spacial score (nSPS) is 11.8. The summed E-state index contributed by atoms with van der Waals surface area (Å²) in [5.74, 6) is 0. The van der Waals surface area contributed by atoms with Crippen molar-refractivity contribution in [2.45, 2.75) is 19.5 Å². The van der Waals surface area contributed by atoms with Gasteiger partial charge in [0.1, 0.15) is 0 Å². The van der Waals surface area contributed by atoms with Gasteiger partial charge in [0.2, 0.25) is 0 Å². The van der Waals surface area contributed by atoms with Gasteiger partial charge in [0, 0.05) is 11.6 Å². The highest BCUT2D eigenvalue weighted by atomic mass is 16.2. The number of nitrogens with zero attached hydrogens (tertiary/aromatic N) is 2. The molecule has 0 aliphatic rings. The number of aromatic nitrogens is 1. The van der Waals surface area contributed by atoms with E-state index in [-0.39, 0.29) is 12.1 Å². The Balaban J connectivity index is 1.69. The number of urea groups is 1. The molecule has 3 aromatic carbocycles. The first-order chi connectivity index (χ1) is 14.2. The Morgan fingerprint density at radius 1 is 0.897 bits per heavy atom. The van der Waals surface area contributed by atoms with Crippen molar-refractivity contribution >= 4 is 22.5 Å². The molecule has 0 aliphatic carbocycles. The molecule has 1 aromatic heterocycles. The Hall–Kier alpha value is -3.66. The Labute approximate surface area is 170 Å². The summed E-state index contributed by atoms with van der Waals surface area (Å²) >= 11 is 0. The monoisotopic (exact) mass is 381 g/mol. The molecule has 0 saturated carbocycles. The number of pyridine rings is 1. The SMILES string of the molecule is CC(NC(=O)N(Cc1ccccc1)c1cccc2ccccc12)c1ccccn1. The summed E-state index contributed by atoms with van der Waals surface area (Å²) in [6.45, 7) is 2.43. The van der Waals surface area contributed by atoms with Crippen LogP contribution < -0.4 is 10.2 Å². The molecule has 29 heavy (non-hydrogen) atoms. The van der Waals surface area contributed by atoms with Crippen molar-refractivity contribution in [3.05, 3.63) is 108 Å². The van der Waals surface area contributed by atoms with Crippen LogP contribution in [0.4, 0.5) is 10.5 Å². The molecule has 1 atom stereocenters. The van der Waals surface area contributed by atoms with Crippen LogP contribution in [-0.2, 0) is 6.54 Å². The van der Waals surface area contributed by atoms with Gasteiger partial charge in [0.05, 0.1) is 24.0 Å². The van der Waals surface area contributed by atoms with Crippen molar-refractivity contribution in [2.24, 2.45) is 0 Å². The maximum Gasteiger partial charge on any atom is 0.322 e. The third-order valence-corrected chi connectivity index (χ3v) is 4.96. The molecule has 4 rings (SSSR count). The molecule has 4 heteroatoms. The number of rotatable bonds is 5. The van der Waals surface area contributed by atoms with Gasteiger partial charge < -0.3 is 5.32 Å². The molecule has 1 heterocycles. The van der Waals surface area contributed by atoms with Gasteiger partial charge in [-0.3, -0.25) is 9.88 Å². The van der Waals surface area contributed by atoms with Crippen LogP contribution in [0.1, 0.15) is 24.2 Å². The summed E-state index contributed by atoms with van der Waals surface area (Å²) in [7, 11) is 0. The average molecular weight is 381 g/mol. The Morgan fingerprint density at radius 2 is 1.62 bits per heavy atom. The maximum absolute atomic E-state index is 13.4. The molecule has 4 nitrogen and oxygen atoms in total. The number of carbonyl (C=O) groups excluding carboxylic acids is 1. The second-order valence-electron chi connectivity index (χ2n) is 7.00. The fraction of sp³-hybridized carbons (Fsp3) is 0.120. The van der Waals surface area contributed by atoms with Gasteiger partial charge in [-0.1, -0.05) is 72.8 Å². The minimum absolute atomic E-state index is 0.150. The number of hydrogen-bond donors (Lipinski definition) is 1. The highest BCUT2D eigenvalue weighted by molar-refractivity contribution is 6.03. The molecule has 144 valence electrons. The first-order valence-corrected chi connectivity index (χ1v) is 9.73. The molecule has 0 bridgehead atoms. The van der Waals surface area contributed by atoms with E-state index in [1.54, 1.807) is 11.1 Å². The molecule has 1 N–H and O–H groups in total. The third-order valence-electron chi connectivity index (χ3n) is 4.96. The Bertz CT molecular complexity index is 1090. The van der Waals surface area contributed by atoms with Crippen molar-refractivity contribution < 1.29 is 4.79 Å². The first kappa shape index (κ1) is 18.7. The highest BCUT2D eigenvalue weighted by Crippen LogP contribution is 2.28. The van der Waals surface area contributed by atoms with Crippen LogP contribution in [0.15, 0.2) is 97.2 Å². The lowest BCUT2D eigenvalue weighted by atomic mass is 10.1. The number of anilines is 1. The molecule has 2 amide bonds. The number of nitrogens with one attached hydrogen (secondary N) is 1. The zero-order valence-corrected chi connectivity index (χ0v) is 16.3. The van der Waals surface area contributed by atoms with E-state index in [2.05, 4.69) is 28.5 Å². The van der Waals surface area contributed by atoms with E-state index >= 15 is 0 Å². The molecule has 0 aliphatic heterocycles. The minimum Gasteiger partial charge on any atom is -0.330 e. The smallest absolute Gasteiger partial charge is 0.322 e. The van der Waals surface area contributed by atoms with Gasteiger partial charge in [-0.15, -0.1) is 0 Å². The predicted octanol–water partition coefficient (Wildman–Crippen LogP) is 5.71. The van der Waals surface area contributed by atoms with Gasteiger partial charge in [-0.2, -0.15) is 0 Å². The fourth-order valence-corrected chi connectivity index (χ4v) is 3.45. The number of hydrogen-bond acceptors (Lipinski definition) is 2. The molecule has 0 saturated heterocycles. The van der Waals surface area contributed by atoms with Crippen molar-refractivity contribution in [3.8, 4) is 0 Å². The van der Waals surface area contributed by atoms with E-state index in [9.17, 15) is 4.79 Å². The third kappa shape index (κ3) is 4.27. The molecular formula is C25H23N3O. The number of fused-ring (bicyclic) bond motifs is 1. The second-order valence-corrected chi connectivity index (χ2v) is 7.00. The lowest BCUT2D eigenvalue weighted by Gasteiger charge is -2.26. The number of benzene rings is 3. The lowest BCUT2D eigenvalue weighted by Crippen LogP contribution is -2.41. The van der Waals surface area contributed by atoms with Crippen molar-refractivity contribution in [1.29, 1.82) is 0 Å². The van der Waals surface area contributed by atoms with Crippen molar-refractivity contribution in [2.75, 3.05) is 4.90 Å². The van der Waals surface area contributed by atoms with E-state index in [1.807, 2.05) is 79.7 Å². The number of carbonyl (C=O) groups is 1. The molecular weight excluding hydrogens is 358 g/mol. The summed E-state index contributed by atoms with van der Waals surface area (Å²) in [6, 6.07) is 29.6. The van der Waals surface area contributed by atoms with Crippen molar-refractivity contribution in [3.63, 3.8) is 0 Å². The Morgan fingerprint density at radius 3 is 2.41 bits per heavy atom. The standard InChI is InChI=1S/C25H23N3O/c1-19(23-15-7-8-17-26-23)27-25(29)28(18-20-10-3-2-4-11-20)24-16-9-13-21-12-5-6-14-22(21)24/h2-17,19H,18H2,1H3,(H,27,29). The van der Waals surface area contributed by atoms with Gasteiger partial charge >= 0.3 is 6.03 Å². The van der Waals surface area contributed by atoms with Crippen LogP contribution in [0.3, 0.4) is 0 Å². The van der Waals surface area contributed by atoms with E-state index < -0.39 is 0 Å². The predicted molar refractivity (Wildman–Crippen MR) is 118 cm³/mol. The topological polar surface area (TPSA) is 45.2 Å². The van der Waals surface area contributed by atoms with Gasteiger partial charge in [0.15, 0.2) is 0 Å². The fourth-order valence-electron chi connectivity index (χ4n) is 3.45. The van der Waals surface area contributed by atoms with Crippen LogP contribution in [0.25, 0.3) is 10.8 Å².